The first kappa shape index (κ1) is 18.7. The molecule has 4 nitrogen and oxygen atoms in total. The minimum Gasteiger partial charge on any atom is -0.481 e. The molecule has 1 heterocycles. The normalized spacial score (nSPS) is 18.6. The van der Waals surface area contributed by atoms with E-state index in [0.29, 0.717) is 28.1 Å². The molecular weight excluding hydrogens is 350 g/mol. The van der Waals surface area contributed by atoms with E-state index in [9.17, 15) is 4.79 Å². The average Bonchev–Trinajstić information content (AvgIpc) is 3.00. The van der Waals surface area contributed by atoms with E-state index in [1.165, 1.54) is 13.5 Å². The fourth-order valence-electron chi connectivity index (χ4n) is 3.94. The number of nitrogens with zero attached hydrogens (tertiary/aromatic N) is 1. The fraction of sp³-hybridized carbons (Fsp3) is 0.429. The molecule has 1 fully saturated rings. The molecule has 1 aromatic carbocycles. The first-order valence-electron chi connectivity index (χ1n) is 8.80. The second kappa shape index (κ2) is 7.28. The highest BCUT2D eigenvalue weighted by Crippen LogP contribution is 2.51. The lowest BCUT2D eigenvalue weighted by Crippen LogP contribution is -2.17. The van der Waals surface area contributed by atoms with E-state index in [2.05, 4.69) is 18.8 Å². The SMILES string of the molecule is COC(=O)c1ccc(-c2nc(OC)ccc2Cl)c([C@@H]2CCCC2(C)C)c1. The van der Waals surface area contributed by atoms with Crippen LogP contribution in [0.2, 0.25) is 5.02 Å². The molecule has 0 aliphatic heterocycles. The number of pyridine rings is 1. The number of halogens is 1. The summed E-state index contributed by atoms with van der Waals surface area (Å²) in [5.74, 6) is 0.502. The Morgan fingerprint density at radius 3 is 2.62 bits per heavy atom. The highest BCUT2D eigenvalue weighted by atomic mass is 35.5. The van der Waals surface area contributed by atoms with Crippen LogP contribution in [0.5, 0.6) is 5.88 Å². The molecule has 138 valence electrons. The summed E-state index contributed by atoms with van der Waals surface area (Å²) in [6.07, 6.45) is 3.39. The smallest absolute Gasteiger partial charge is 0.337 e. The minimum absolute atomic E-state index is 0.148. The van der Waals surface area contributed by atoms with Gasteiger partial charge in [-0.1, -0.05) is 37.9 Å². The van der Waals surface area contributed by atoms with Gasteiger partial charge in [0.25, 0.3) is 0 Å². The maximum absolute atomic E-state index is 12.1. The molecule has 5 heteroatoms. The van der Waals surface area contributed by atoms with Gasteiger partial charge in [-0.05, 0) is 47.9 Å². The van der Waals surface area contributed by atoms with Crippen LogP contribution in [0.15, 0.2) is 30.3 Å². The Bertz CT molecular complexity index is 832. The molecule has 1 aliphatic rings. The van der Waals surface area contributed by atoms with Crippen molar-refractivity contribution >= 4 is 17.6 Å². The van der Waals surface area contributed by atoms with Gasteiger partial charge in [0.1, 0.15) is 0 Å². The Hall–Kier alpha value is -2.07. The van der Waals surface area contributed by atoms with Crippen LogP contribution in [0.1, 0.15) is 54.9 Å². The molecule has 0 saturated heterocycles. The number of methoxy groups -OCH3 is 2. The zero-order chi connectivity index (χ0) is 18.9. The quantitative estimate of drug-likeness (QED) is 0.665. The lowest BCUT2D eigenvalue weighted by Gasteiger charge is -2.29. The first-order chi connectivity index (χ1) is 12.4. The lowest BCUT2D eigenvalue weighted by atomic mass is 9.75. The Kier molecular flexibility index (Phi) is 5.24. The van der Waals surface area contributed by atoms with E-state index in [4.69, 9.17) is 21.1 Å². The molecule has 1 aliphatic carbocycles. The van der Waals surface area contributed by atoms with Crippen molar-refractivity contribution in [1.82, 2.24) is 4.98 Å². The Morgan fingerprint density at radius 1 is 1.23 bits per heavy atom. The second-order valence-electron chi connectivity index (χ2n) is 7.41. The molecular formula is C21H24ClNO3. The molecule has 0 spiro atoms. The van der Waals surface area contributed by atoms with Crippen LogP contribution in [-0.4, -0.2) is 25.2 Å². The number of hydrogen-bond acceptors (Lipinski definition) is 4. The van der Waals surface area contributed by atoms with Crippen molar-refractivity contribution in [3.63, 3.8) is 0 Å². The molecule has 3 rings (SSSR count). The van der Waals surface area contributed by atoms with Crippen LogP contribution in [-0.2, 0) is 4.74 Å². The van der Waals surface area contributed by atoms with Crippen molar-refractivity contribution in [2.24, 2.45) is 5.41 Å². The molecule has 1 aromatic heterocycles. The topological polar surface area (TPSA) is 48.4 Å². The Morgan fingerprint density at radius 2 is 2.00 bits per heavy atom. The van der Waals surface area contributed by atoms with Crippen LogP contribution in [0, 0.1) is 5.41 Å². The van der Waals surface area contributed by atoms with Crippen LogP contribution >= 0.6 is 11.6 Å². The molecule has 0 bridgehead atoms. The zero-order valence-electron chi connectivity index (χ0n) is 15.6. The Labute approximate surface area is 159 Å². The number of ether oxygens (including phenoxy) is 2. The maximum atomic E-state index is 12.1. The largest absolute Gasteiger partial charge is 0.481 e. The van der Waals surface area contributed by atoms with Crippen molar-refractivity contribution in [3.05, 3.63) is 46.5 Å². The molecule has 0 radical (unpaired) electrons. The summed E-state index contributed by atoms with van der Waals surface area (Å²) in [4.78, 5) is 16.6. The molecule has 2 aromatic rings. The third-order valence-corrected chi connectivity index (χ3v) is 5.70. The van der Waals surface area contributed by atoms with E-state index < -0.39 is 0 Å². The van der Waals surface area contributed by atoms with Gasteiger partial charge in [0.2, 0.25) is 5.88 Å². The second-order valence-corrected chi connectivity index (χ2v) is 7.82. The molecule has 1 saturated carbocycles. The van der Waals surface area contributed by atoms with Gasteiger partial charge in [-0.15, -0.1) is 0 Å². The van der Waals surface area contributed by atoms with Gasteiger partial charge in [-0.25, -0.2) is 9.78 Å². The molecule has 0 N–H and O–H groups in total. The predicted octanol–water partition coefficient (Wildman–Crippen LogP) is 5.49. The van der Waals surface area contributed by atoms with Gasteiger partial charge in [0.05, 0.1) is 30.5 Å². The molecule has 26 heavy (non-hydrogen) atoms. The van der Waals surface area contributed by atoms with Crippen LogP contribution in [0.3, 0.4) is 0 Å². The van der Waals surface area contributed by atoms with E-state index in [-0.39, 0.29) is 11.4 Å². The van der Waals surface area contributed by atoms with Gasteiger partial charge >= 0.3 is 5.97 Å². The first-order valence-corrected chi connectivity index (χ1v) is 9.18. The number of rotatable bonds is 4. The summed E-state index contributed by atoms with van der Waals surface area (Å²) in [6, 6.07) is 9.17. The van der Waals surface area contributed by atoms with Crippen molar-refractivity contribution in [3.8, 4) is 17.1 Å². The highest BCUT2D eigenvalue weighted by Gasteiger charge is 2.37. The third-order valence-electron chi connectivity index (χ3n) is 5.39. The van der Waals surface area contributed by atoms with Crippen molar-refractivity contribution in [2.45, 2.75) is 39.0 Å². The fourth-order valence-corrected chi connectivity index (χ4v) is 4.15. The summed E-state index contributed by atoms with van der Waals surface area (Å²) in [5, 5.41) is 0.564. The number of benzene rings is 1. The molecule has 0 unspecified atom stereocenters. The number of hydrogen-bond donors (Lipinski definition) is 0. The van der Waals surface area contributed by atoms with Crippen LogP contribution < -0.4 is 4.74 Å². The van der Waals surface area contributed by atoms with Gasteiger partial charge < -0.3 is 9.47 Å². The van der Waals surface area contributed by atoms with Crippen LogP contribution in [0.4, 0.5) is 0 Å². The maximum Gasteiger partial charge on any atom is 0.337 e. The van der Waals surface area contributed by atoms with E-state index in [1.807, 2.05) is 12.1 Å². The van der Waals surface area contributed by atoms with Gasteiger partial charge in [-0.3, -0.25) is 0 Å². The number of aromatic nitrogens is 1. The zero-order valence-corrected chi connectivity index (χ0v) is 16.4. The Balaban J connectivity index is 2.20. The lowest BCUT2D eigenvalue weighted by molar-refractivity contribution is 0.0600. The van der Waals surface area contributed by atoms with Gasteiger partial charge in [0.15, 0.2) is 0 Å². The average molecular weight is 374 g/mol. The summed E-state index contributed by atoms with van der Waals surface area (Å²) in [6.45, 7) is 4.56. The van der Waals surface area contributed by atoms with Crippen molar-refractivity contribution in [2.75, 3.05) is 14.2 Å². The predicted molar refractivity (Wildman–Crippen MR) is 103 cm³/mol. The van der Waals surface area contributed by atoms with Gasteiger partial charge in [0, 0.05) is 11.6 Å². The van der Waals surface area contributed by atoms with Crippen molar-refractivity contribution in [1.29, 1.82) is 0 Å². The summed E-state index contributed by atoms with van der Waals surface area (Å²) in [7, 11) is 2.98. The summed E-state index contributed by atoms with van der Waals surface area (Å²) in [5.41, 5.74) is 3.42. The number of esters is 1. The number of carbonyl (C=O) groups is 1. The minimum atomic E-state index is -0.335. The summed E-state index contributed by atoms with van der Waals surface area (Å²) < 4.78 is 10.2. The standard InChI is InChI=1S/C21H24ClNO3/c1-21(2)11-5-6-16(21)15-12-13(20(24)26-4)7-8-14(15)19-17(22)9-10-18(23-19)25-3/h7-10,12,16H,5-6,11H2,1-4H3/t16-/m0/s1. The third kappa shape index (κ3) is 3.43. The van der Waals surface area contributed by atoms with Gasteiger partial charge in [-0.2, -0.15) is 0 Å². The van der Waals surface area contributed by atoms with E-state index >= 15 is 0 Å². The van der Waals surface area contributed by atoms with Crippen LogP contribution in [0.25, 0.3) is 11.3 Å². The molecule has 0 amide bonds. The monoisotopic (exact) mass is 373 g/mol. The van der Waals surface area contributed by atoms with E-state index in [1.54, 1.807) is 25.3 Å². The number of carbonyl (C=O) groups excluding carboxylic acids is 1. The van der Waals surface area contributed by atoms with E-state index in [0.717, 1.165) is 24.0 Å². The molecule has 1 atom stereocenters. The highest BCUT2D eigenvalue weighted by molar-refractivity contribution is 6.33. The summed E-state index contributed by atoms with van der Waals surface area (Å²) >= 11 is 6.46. The van der Waals surface area contributed by atoms with Crippen molar-refractivity contribution < 1.29 is 14.3 Å².